The van der Waals surface area contributed by atoms with Gasteiger partial charge in [-0.25, -0.2) is 0 Å². The molecule has 1 fully saturated rings. The third kappa shape index (κ3) is 12.6. The van der Waals surface area contributed by atoms with Gasteiger partial charge in [-0.05, 0) is 24.8 Å². The molecule has 206 valence electrons. The van der Waals surface area contributed by atoms with Crippen LogP contribution in [0.1, 0.15) is 11.1 Å². The Hall–Kier alpha value is -3.06. The third-order valence-electron chi connectivity index (χ3n) is 6.31. The highest BCUT2D eigenvalue weighted by molar-refractivity contribution is 5.72. The van der Waals surface area contributed by atoms with Crippen LogP contribution in [0.2, 0.25) is 0 Å². The van der Waals surface area contributed by atoms with Crippen molar-refractivity contribution >= 4 is 23.9 Å². The van der Waals surface area contributed by atoms with E-state index in [1.807, 2.05) is 31.2 Å². The monoisotopic (exact) mass is 522 g/mol. The summed E-state index contributed by atoms with van der Waals surface area (Å²) in [6, 6.07) is 7.99. The summed E-state index contributed by atoms with van der Waals surface area (Å²) in [7, 11) is 0. The first-order chi connectivity index (χ1) is 17.5. The Bertz CT molecular complexity index is 866. The molecule has 0 amide bonds. The molecule has 0 radical (unpaired) electrons. The fourth-order valence-corrected chi connectivity index (χ4v) is 4.61. The zero-order chi connectivity index (χ0) is 27.4. The minimum Gasteiger partial charge on any atom is -0.480 e. The van der Waals surface area contributed by atoms with Gasteiger partial charge in [-0.2, -0.15) is 0 Å². The molecule has 0 spiro atoms. The van der Waals surface area contributed by atoms with Gasteiger partial charge in [-0.15, -0.1) is 0 Å². The number of benzene rings is 1. The van der Waals surface area contributed by atoms with Crippen molar-refractivity contribution in [3.63, 3.8) is 0 Å². The van der Waals surface area contributed by atoms with Gasteiger partial charge in [0.15, 0.2) is 0 Å². The first-order valence-electron chi connectivity index (χ1n) is 12.3. The van der Waals surface area contributed by atoms with Crippen LogP contribution in [-0.2, 0) is 25.6 Å². The third-order valence-corrected chi connectivity index (χ3v) is 6.31. The van der Waals surface area contributed by atoms with Gasteiger partial charge >= 0.3 is 23.9 Å². The smallest absolute Gasteiger partial charge is 0.317 e. The van der Waals surface area contributed by atoms with Crippen LogP contribution in [0.15, 0.2) is 24.3 Å². The number of carbonyl (C=O) groups is 4. The van der Waals surface area contributed by atoms with E-state index in [-0.39, 0.29) is 25.6 Å². The fraction of sp³-hybridized carbons (Fsp3) is 0.600. The second-order valence-corrected chi connectivity index (χ2v) is 9.65. The molecule has 1 heterocycles. The second kappa shape index (κ2) is 15.3. The van der Waals surface area contributed by atoms with Crippen LogP contribution in [0.3, 0.4) is 0 Å². The van der Waals surface area contributed by atoms with Gasteiger partial charge in [0.1, 0.15) is 0 Å². The molecule has 37 heavy (non-hydrogen) atoms. The maximum Gasteiger partial charge on any atom is 0.317 e. The number of carboxylic acid groups (broad SMARTS) is 4. The Kier molecular flexibility index (Phi) is 12.4. The molecule has 1 unspecified atom stereocenters. The van der Waals surface area contributed by atoms with Crippen molar-refractivity contribution in [3.05, 3.63) is 35.4 Å². The van der Waals surface area contributed by atoms with Crippen molar-refractivity contribution in [1.29, 1.82) is 0 Å². The van der Waals surface area contributed by atoms with Crippen molar-refractivity contribution in [1.82, 2.24) is 19.6 Å². The number of hydrogen-bond donors (Lipinski definition) is 4. The quantitative estimate of drug-likeness (QED) is 0.253. The Morgan fingerprint density at radius 3 is 1.57 bits per heavy atom. The lowest BCUT2D eigenvalue weighted by atomic mass is 9.97. The van der Waals surface area contributed by atoms with Gasteiger partial charge in [0.05, 0.1) is 26.2 Å². The van der Waals surface area contributed by atoms with Crippen LogP contribution in [-0.4, -0.2) is 142 Å². The zero-order valence-electron chi connectivity index (χ0n) is 21.3. The summed E-state index contributed by atoms with van der Waals surface area (Å²) in [4.78, 5) is 52.5. The molecule has 0 bridgehead atoms. The topological polar surface area (TPSA) is 162 Å². The number of aryl methyl sites for hydroxylation is 1. The molecule has 0 aromatic heterocycles. The van der Waals surface area contributed by atoms with Crippen molar-refractivity contribution in [2.24, 2.45) is 5.92 Å². The SMILES string of the molecule is Cc1ccc(CC(CN2CCN(CC(=O)O)CCN(CC(=O)O)CC2)CN(CC(=O)O)CC(=O)O)cc1. The lowest BCUT2D eigenvalue weighted by molar-refractivity contribution is -0.142. The summed E-state index contributed by atoms with van der Waals surface area (Å²) < 4.78 is 0. The fourth-order valence-electron chi connectivity index (χ4n) is 4.61. The lowest BCUT2D eigenvalue weighted by Crippen LogP contribution is -2.44. The molecular weight excluding hydrogens is 484 g/mol. The summed E-state index contributed by atoms with van der Waals surface area (Å²) in [6.07, 6.45) is 0.601. The van der Waals surface area contributed by atoms with Crippen molar-refractivity contribution in [2.45, 2.75) is 13.3 Å². The van der Waals surface area contributed by atoms with E-state index in [4.69, 9.17) is 0 Å². The van der Waals surface area contributed by atoms with Gasteiger partial charge in [-0.3, -0.25) is 33.9 Å². The van der Waals surface area contributed by atoms with E-state index in [2.05, 4.69) is 4.90 Å². The van der Waals surface area contributed by atoms with Crippen LogP contribution in [0.4, 0.5) is 0 Å². The van der Waals surface area contributed by atoms with E-state index >= 15 is 0 Å². The maximum absolute atomic E-state index is 11.4. The van der Waals surface area contributed by atoms with Crippen LogP contribution < -0.4 is 0 Å². The average molecular weight is 523 g/mol. The minimum absolute atomic E-state index is 0.108. The lowest BCUT2D eigenvalue weighted by Gasteiger charge is -2.32. The zero-order valence-corrected chi connectivity index (χ0v) is 21.3. The summed E-state index contributed by atoms with van der Waals surface area (Å²) >= 11 is 0. The number of aliphatic carboxylic acids is 4. The van der Waals surface area contributed by atoms with E-state index in [0.717, 1.165) is 11.1 Å². The van der Waals surface area contributed by atoms with Crippen LogP contribution >= 0.6 is 0 Å². The molecule has 1 aliphatic rings. The Balaban J connectivity index is 2.23. The minimum atomic E-state index is -1.10. The number of rotatable bonds is 14. The van der Waals surface area contributed by atoms with Crippen LogP contribution in [0.25, 0.3) is 0 Å². The van der Waals surface area contributed by atoms with Gasteiger partial charge in [0.25, 0.3) is 0 Å². The highest BCUT2D eigenvalue weighted by Crippen LogP contribution is 2.15. The normalized spacial score (nSPS) is 17.0. The molecule has 4 N–H and O–H groups in total. The molecule has 1 aliphatic heterocycles. The second-order valence-electron chi connectivity index (χ2n) is 9.65. The first-order valence-corrected chi connectivity index (χ1v) is 12.3. The van der Waals surface area contributed by atoms with Crippen LogP contribution in [0.5, 0.6) is 0 Å². The number of carboxylic acids is 4. The van der Waals surface area contributed by atoms with E-state index in [1.165, 1.54) is 4.90 Å². The largest absolute Gasteiger partial charge is 0.480 e. The van der Waals surface area contributed by atoms with Crippen LogP contribution in [0, 0.1) is 12.8 Å². The van der Waals surface area contributed by atoms with Gasteiger partial charge < -0.3 is 25.3 Å². The van der Waals surface area contributed by atoms with Crippen molar-refractivity contribution < 1.29 is 39.6 Å². The van der Waals surface area contributed by atoms with Gasteiger partial charge in [0, 0.05) is 52.4 Å². The molecule has 0 aliphatic carbocycles. The summed E-state index contributed by atoms with van der Waals surface area (Å²) in [5.41, 5.74) is 2.15. The number of nitrogens with zero attached hydrogens (tertiary/aromatic N) is 4. The highest BCUT2D eigenvalue weighted by atomic mass is 16.4. The standard InChI is InChI=1S/C25H38N4O8/c1-19-2-4-20(5-3-19)12-21(14-29(17-24(34)35)18-25(36)37)13-26-6-8-27(15-22(30)31)10-11-28(9-7-26)16-23(32)33/h2-5,21H,6-18H2,1H3,(H,30,31)(H,32,33)(H,34,35)(H,36,37). The Morgan fingerprint density at radius 1 is 0.730 bits per heavy atom. The Labute approximate surface area is 216 Å². The number of hydrogen-bond acceptors (Lipinski definition) is 8. The summed E-state index contributed by atoms with van der Waals surface area (Å²) in [5, 5.41) is 37.2. The van der Waals surface area contributed by atoms with E-state index in [9.17, 15) is 39.6 Å². The highest BCUT2D eigenvalue weighted by Gasteiger charge is 2.24. The van der Waals surface area contributed by atoms with E-state index < -0.39 is 37.0 Å². The van der Waals surface area contributed by atoms with Crippen molar-refractivity contribution in [2.75, 3.05) is 78.5 Å². The molecule has 12 nitrogen and oxygen atoms in total. The molecule has 1 aromatic carbocycles. The summed E-state index contributed by atoms with van der Waals surface area (Å²) in [6.45, 7) is 4.62. The summed E-state index contributed by atoms with van der Waals surface area (Å²) in [5.74, 6) is -4.22. The van der Waals surface area contributed by atoms with Gasteiger partial charge in [-0.1, -0.05) is 29.8 Å². The van der Waals surface area contributed by atoms with E-state index in [1.54, 1.807) is 9.80 Å². The maximum atomic E-state index is 11.4. The van der Waals surface area contributed by atoms with E-state index in [0.29, 0.717) is 52.2 Å². The van der Waals surface area contributed by atoms with Crippen molar-refractivity contribution in [3.8, 4) is 0 Å². The molecule has 0 saturated carbocycles. The molecular formula is C25H38N4O8. The molecule has 2 rings (SSSR count). The molecule has 1 atom stereocenters. The molecule has 12 heteroatoms. The Morgan fingerprint density at radius 2 is 1.16 bits per heavy atom. The molecule has 1 saturated heterocycles. The first kappa shape index (κ1) is 30.2. The predicted molar refractivity (Wildman–Crippen MR) is 135 cm³/mol. The average Bonchev–Trinajstić information content (AvgIpc) is 2.86. The molecule has 1 aromatic rings. The van der Waals surface area contributed by atoms with Gasteiger partial charge in [0.2, 0.25) is 0 Å². The predicted octanol–water partition coefficient (Wildman–Crippen LogP) is -0.286.